The zero-order chi connectivity index (χ0) is 15.6. The molecule has 0 radical (unpaired) electrons. The van der Waals surface area contributed by atoms with Gasteiger partial charge in [-0.1, -0.05) is 12.1 Å². The van der Waals surface area contributed by atoms with E-state index < -0.39 is 29.4 Å². The second-order valence-electron chi connectivity index (χ2n) is 4.45. The van der Waals surface area contributed by atoms with Gasteiger partial charge in [0.05, 0.1) is 11.7 Å². The molecule has 0 saturated carbocycles. The van der Waals surface area contributed by atoms with Crippen molar-refractivity contribution in [1.82, 2.24) is 0 Å². The maximum absolute atomic E-state index is 13.2. The highest BCUT2D eigenvalue weighted by atomic mass is 19.4. The van der Waals surface area contributed by atoms with Crippen LogP contribution >= 0.6 is 0 Å². The number of alkyl halides is 3. The molecule has 2 aromatic rings. The van der Waals surface area contributed by atoms with Crippen LogP contribution in [-0.2, 0) is 6.18 Å². The van der Waals surface area contributed by atoms with E-state index in [4.69, 9.17) is 4.74 Å². The largest absolute Gasteiger partial charge is 0.456 e. The van der Waals surface area contributed by atoms with Crippen molar-refractivity contribution in [3.05, 3.63) is 59.4 Å². The Hall–Kier alpha value is -2.08. The van der Waals surface area contributed by atoms with Crippen LogP contribution in [0.3, 0.4) is 0 Å². The molecular formula is C15H12F4O2. The van der Waals surface area contributed by atoms with E-state index in [1.54, 1.807) is 0 Å². The van der Waals surface area contributed by atoms with Gasteiger partial charge < -0.3 is 9.84 Å². The van der Waals surface area contributed by atoms with Crippen LogP contribution in [0.15, 0.2) is 42.5 Å². The predicted molar refractivity (Wildman–Crippen MR) is 68.6 cm³/mol. The Kier molecular flexibility index (Phi) is 4.18. The molecule has 6 heteroatoms. The maximum atomic E-state index is 13.2. The molecule has 2 rings (SSSR count). The molecule has 1 atom stereocenters. The summed E-state index contributed by atoms with van der Waals surface area (Å²) in [6.45, 7) is 1.37. The van der Waals surface area contributed by atoms with Crippen molar-refractivity contribution in [2.75, 3.05) is 0 Å². The van der Waals surface area contributed by atoms with Crippen LogP contribution in [0.2, 0.25) is 0 Å². The molecule has 0 bridgehead atoms. The standard InChI is InChI=1S/C15H12F4O2/c1-9(20)11-8-10(16)6-7-13(11)21-14-5-3-2-4-12(14)15(17,18)19/h2-9,20H,1H3/t9-/m0/s1. The highest BCUT2D eigenvalue weighted by Crippen LogP contribution is 2.39. The quantitative estimate of drug-likeness (QED) is 0.833. The van der Waals surface area contributed by atoms with E-state index in [1.165, 1.54) is 25.1 Å². The second kappa shape index (κ2) is 5.73. The fourth-order valence-electron chi connectivity index (χ4n) is 1.85. The van der Waals surface area contributed by atoms with Gasteiger partial charge in [0.2, 0.25) is 0 Å². The molecule has 0 aliphatic carbocycles. The molecular weight excluding hydrogens is 288 g/mol. The van der Waals surface area contributed by atoms with Gasteiger partial charge in [-0.25, -0.2) is 4.39 Å². The van der Waals surface area contributed by atoms with Crippen LogP contribution in [-0.4, -0.2) is 5.11 Å². The number of hydrogen-bond donors (Lipinski definition) is 1. The van der Waals surface area contributed by atoms with Crippen molar-refractivity contribution >= 4 is 0 Å². The van der Waals surface area contributed by atoms with Crippen molar-refractivity contribution in [3.8, 4) is 11.5 Å². The molecule has 0 amide bonds. The Morgan fingerprint density at radius 3 is 2.33 bits per heavy atom. The lowest BCUT2D eigenvalue weighted by atomic mass is 10.1. The Balaban J connectivity index is 2.44. The zero-order valence-electron chi connectivity index (χ0n) is 11.0. The van der Waals surface area contributed by atoms with Crippen LogP contribution < -0.4 is 4.74 Å². The summed E-state index contributed by atoms with van der Waals surface area (Å²) in [5.41, 5.74) is -0.863. The highest BCUT2D eigenvalue weighted by molar-refractivity contribution is 5.43. The summed E-state index contributed by atoms with van der Waals surface area (Å²) in [7, 11) is 0. The summed E-state index contributed by atoms with van der Waals surface area (Å²) in [4.78, 5) is 0. The lowest BCUT2D eigenvalue weighted by Gasteiger charge is -2.16. The summed E-state index contributed by atoms with van der Waals surface area (Å²) < 4.78 is 57.1. The molecule has 0 aliphatic heterocycles. The molecule has 1 N–H and O–H groups in total. The van der Waals surface area contributed by atoms with Crippen LogP contribution in [0, 0.1) is 5.82 Å². The summed E-state index contributed by atoms with van der Waals surface area (Å²) in [5, 5.41) is 9.57. The van der Waals surface area contributed by atoms with E-state index in [1.807, 2.05) is 0 Å². The van der Waals surface area contributed by atoms with Crippen molar-refractivity contribution in [2.24, 2.45) is 0 Å². The third-order valence-corrected chi connectivity index (χ3v) is 2.83. The smallest absolute Gasteiger partial charge is 0.419 e. The summed E-state index contributed by atoms with van der Waals surface area (Å²) in [6.07, 6.45) is -5.64. The summed E-state index contributed by atoms with van der Waals surface area (Å²) in [5.74, 6) is -1.04. The number of aliphatic hydroxyl groups is 1. The molecule has 21 heavy (non-hydrogen) atoms. The number of rotatable bonds is 3. The number of hydrogen-bond acceptors (Lipinski definition) is 2. The van der Waals surface area contributed by atoms with Crippen LogP contribution in [0.1, 0.15) is 24.2 Å². The first-order chi connectivity index (χ1) is 9.79. The second-order valence-corrected chi connectivity index (χ2v) is 4.45. The van der Waals surface area contributed by atoms with E-state index in [9.17, 15) is 22.7 Å². The van der Waals surface area contributed by atoms with Gasteiger partial charge in [0.1, 0.15) is 17.3 Å². The Morgan fingerprint density at radius 2 is 1.71 bits per heavy atom. The van der Waals surface area contributed by atoms with E-state index in [0.717, 1.165) is 24.3 Å². The molecule has 0 aromatic heterocycles. The summed E-state index contributed by atoms with van der Waals surface area (Å²) >= 11 is 0. The van der Waals surface area contributed by atoms with Crippen LogP contribution in [0.5, 0.6) is 11.5 Å². The fraction of sp³-hybridized carbons (Fsp3) is 0.200. The SMILES string of the molecule is C[C@H](O)c1cc(F)ccc1Oc1ccccc1C(F)(F)F. The fourth-order valence-corrected chi connectivity index (χ4v) is 1.85. The summed E-state index contributed by atoms with van der Waals surface area (Å²) in [6, 6.07) is 7.96. The van der Waals surface area contributed by atoms with Crippen molar-refractivity contribution in [2.45, 2.75) is 19.2 Å². The Morgan fingerprint density at radius 1 is 1.05 bits per heavy atom. The molecule has 112 valence electrons. The van der Waals surface area contributed by atoms with Gasteiger partial charge in [0.15, 0.2) is 0 Å². The van der Waals surface area contributed by atoms with E-state index in [2.05, 4.69) is 0 Å². The molecule has 0 saturated heterocycles. The van der Waals surface area contributed by atoms with Crippen molar-refractivity contribution < 1.29 is 27.4 Å². The average molecular weight is 300 g/mol. The van der Waals surface area contributed by atoms with Gasteiger partial charge >= 0.3 is 6.18 Å². The predicted octanol–water partition coefficient (Wildman–Crippen LogP) is 4.69. The lowest BCUT2D eigenvalue weighted by molar-refractivity contribution is -0.138. The first-order valence-corrected chi connectivity index (χ1v) is 6.10. The van der Waals surface area contributed by atoms with E-state index in [-0.39, 0.29) is 11.3 Å². The highest BCUT2D eigenvalue weighted by Gasteiger charge is 2.34. The van der Waals surface area contributed by atoms with Gasteiger partial charge in [-0.05, 0) is 37.3 Å². The molecule has 2 nitrogen and oxygen atoms in total. The lowest BCUT2D eigenvalue weighted by Crippen LogP contribution is -2.07. The van der Waals surface area contributed by atoms with Crippen molar-refractivity contribution in [1.29, 1.82) is 0 Å². The minimum atomic E-state index is -4.57. The van der Waals surface area contributed by atoms with E-state index in [0.29, 0.717) is 0 Å². The number of halogens is 4. The zero-order valence-corrected chi connectivity index (χ0v) is 11.0. The van der Waals surface area contributed by atoms with Gasteiger partial charge in [-0.2, -0.15) is 13.2 Å². The Bertz CT molecular complexity index is 636. The maximum Gasteiger partial charge on any atom is 0.419 e. The van der Waals surface area contributed by atoms with Crippen LogP contribution in [0.4, 0.5) is 17.6 Å². The molecule has 0 unspecified atom stereocenters. The normalized spacial score (nSPS) is 13.0. The third kappa shape index (κ3) is 3.52. The molecule has 0 aliphatic rings. The molecule has 0 heterocycles. The minimum absolute atomic E-state index is 0.0249. The Labute approximate surface area is 118 Å². The average Bonchev–Trinajstić information content (AvgIpc) is 2.40. The molecule has 2 aromatic carbocycles. The minimum Gasteiger partial charge on any atom is -0.456 e. The number of ether oxygens (including phenoxy) is 1. The van der Waals surface area contributed by atoms with Gasteiger partial charge in [-0.3, -0.25) is 0 Å². The number of para-hydroxylation sites is 1. The molecule has 0 fully saturated rings. The first-order valence-electron chi connectivity index (χ1n) is 6.10. The third-order valence-electron chi connectivity index (χ3n) is 2.83. The number of benzene rings is 2. The molecule has 0 spiro atoms. The van der Waals surface area contributed by atoms with Gasteiger partial charge in [0, 0.05) is 5.56 Å². The van der Waals surface area contributed by atoms with Gasteiger partial charge in [-0.15, -0.1) is 0 Å². The topological polar surface area (TPSA) is 29.5 Å². The number of aliphatic hydroxyl groups excluding tert-OH is 1. The van der Waals surface area contributed by atoms with Crippen LogP contribution in [0.25, 0.3) is 0 Å². The van der Waals surface area contributed by atoms with Gasteiger partial charge in [0.25, 0.3) is 0 Å². The monoisotopic (exact) mass is 300 g/mol. The first kappa shape index (κ1) is 15.3. The van der Waals surface area contributed by atoms with E-state index >= 15 is 0 Å². The van der Waals surface area contributed by atoms with Crippen molar-refractivity contribution in [3.63, 3.8) is 0 Å².